The molecule has 0 aliphatic carbocycles. The van der Waals surface area contributed by atoms with Crippen molar-refractivity contribution in [2.45, 2.75) is 17.0 Å². The fraction of sp³-hybridized carbons (Fsp3) is 0.0909. The monoisotopic (exact) mass is 391 g/mol. The molecular weight excluding hydrogens is 373 g/mol. The number of rotatable bonds is 6. The van der Waals surface area contributed by atoms with Crippen LogP contribution in [-0.4, -0.2) is 19.9 Å². The van der Waals surface area contributed by atoms with E-state index in [2.05, 4.69) is 10.2 Å². The molecule has 1 N–H and O–H groups in total. The minimum atomic E-state index is -0.905. The van der Waals surface area contributed by atoms with E-state index in [-0.39, 0.29) is 5.82 Å². The zero-order valence-electron chi connectivity index (χ0n) is 14.9. The van der Waals surface area contributed by atoms with Crippen LogP contribution in [0.15, 0.2) is 90.1 Å². The Morgan fingerprint density at radius 2 is 1.61 bits per heavy atom. The third kappa shape index (κ3) is 3.98. The topological polar surface area (TPSA) is 50.9 Å². The van der Waals surface area contributed by atoms with Crippen molar-refractivity contribution in [2.75, 3.05) is 0 Å². The molecule has 140 valence electrons. The molecule has 4 aromatic rings. The second kappa shape index (κ2) is 8.37. The van der Waals surface area contributed by atoms with Crippen molar-refractivity contribution in [3.8, 4) is 5.69 Å². The van der Waals surface area contributed by atoms with Gasteiger partial charge in [0.25, 0.3) is 0 Å². The molecule has 1 aromatic heterocycles. The fourth-order valence-electron chi connectivity index (χ4n) is 2.93. The zero-order chi connectivity index (χ0) is 19.3. The van der Waals surface area contributed by atoms with Crippen LogP contribution in [0.4, 0.5) is 4.39 Å². The Morgan fingerprint density at radius 1 is 0.893 bits per heavy atom. The van der Waals surface area contributed by atoms with Gasteiger partial charge in [-0.15, -0.1) is 10.2 Å². The first-order valence-electron chi connectivity index (χ1n) is 8.83. The van der Waals surface area contributed by atoms with Crippen molar-refractivity contribution in [1.82, 2.24) is 14.8 Å². The summed E-state index contributed by atoms with van der Waals surface area (Å²) in [6.07, 6.45) is -0.905. The molecule has 0 saturated carbocycles. The molecule has 4 rings (SSSR count). The summed E-state index contributed by atoms with van der Waals surface area (Å²) >= 11 is 1.45. The lowest BCUT2D eigenvalue weighted by atomic mass is 10.1. The normalized spacial score (nSPS) is 12.1. The highest BCUT2D eigenvalue weighted by Gasteiger charge is 2.22. The quantitative estimate of drug-likeness (QED) is 0.481. The third-order valence-corrected chi connectivity index (χ3v) is 5.29. The minimum absolute atomic E-state index is 0.261. The first kappa shape index (κ1) is 18.4. The lowest BCUT2D eigenvalue weighted by molar-refractivity contribution is 0.207. The third-order valence-electron chi connectivity index (χ3n) is 4.29. The van der Waals surface area contributed by atoms with E-state index in [9.17, 15) is 9.50 Å². The maximum atomic E-state index is 13.5. The van der Waals surface area contributed by atoms with Gasteiger partial charge in [-0.25, -0.2) is 4.39 Å². The van der Waals surface area contributed by atoms with Gasteiger partial charge in [0.15, 0.2) is 11.0 Å². The number of aliphatic hydroxyl groups is 1. The van der Waals surface area contributed by atoms with Gasteiger partial charge < -0.3 is 5.11 Å². The van der Waals surface area contributed by atoms with Gasteiger partial charge in [-0.3, -0.25) is 4.57 Å². The van der Waals surface area contributed by atoms with Crippen LogP contribution in [-0.2, 0) is 5.75 Å². The van der Waals surface area contributed by atoms with Gasteiger partial charge in [0.1, 0.15) is 11.9 Å². The largest absolute Gasteiger partial charge is 0.380 e. The predicted octanol–water partition coefficient (Wildman–Crippen LogP) is 4.78. The van der Waals surface area contributed by atoms with Crippen molar-refractivity contribution in [1.29, 1.82) is 0 Å². The fourth-order valence-corrected chi connectivity index (χ4v) is 3.83. The molecule has 0 bridgehead atoms. The van der Waals surface area contributed by atoms with Gasteiger partial charge >= 0.3 is 0 Å². The van der Waals surface area contributed by atoms with Crippen LogP contribution in [0.3, 0.4) is 0 Å². The number of aromatic nitrogens is 3. The van der Waals surface area contributed by atoms with E-state index in [0.29, 0.717) is 16.7 Å². The van der Waals surface area contributed by atoms with Crippen LogP contribution in [0.2, 0.25) is 0 Å². The van der Waals surface area contributed by atoms with Crippen molar-refractivity contribution in [3.63, 3.8) is 0 Å². The Balaban J connectivity index is 1.70. The number of hydrogen-bond acceptors (Lipinski definition) is 4. The Bertz CT molecular complexity index is 1050. The molecule has 4 nitrogen and oxygen atoms in total. The van der Waals surface area contributed by atoms with Crippen LogP contribution in [0, 0.1) is 5.82 Å². The van der Waals surface area contributed by atoms with Gasteiger partial charge in [-0.2, -0.15) is 0 Å². The molecule has 0 radical (unpaired) electrons. The summed E-state index contributed by atoms with van der Waals surface area (Å²) in [5, 5.41) is 20.1. The summed E-state index contributed by atoms with van der Waals surface area (Å²) in [5.41, 5.74) is 2.46. The van der Waals surface area contributed by atoms with Crippen molar-refractivity contribution in [2.24, 2.45) is 0 Å². The van der Waals surface area contributed by atoms with Crippen LogP contribution in [0.25, 0.3) is 5.69 Å². The highest BCUT2D eigenvalue weighted by atomic mass is 32.2. The molecule has 0 unspecified atom stereocenters. The van der Waals surface area contributed by atoms with Crippen LogP contribution >= 0.6 is 11.8 Å². The van der Waals surface area contributed by atoms with E-state index in [0.717, 1.165) is 16.8 Å². The Hall–Kier alpha value is -2.96. The molecule has 1 atom stereocenters. The van der Waals surface area contributed by atoms with Gasteiger partial charge in [0, 0.05) is 11.4 Å². The zero-order valence-corrected chi connectivity index (χ0v) is 15.8. The van der Waals surface area contributed by atoms with Crippen molar-refractivity contribution < 1.29 is 9.50 Å². The van der Waals surface area contributed by atoms with E-state index in [4.69, 9.17) is 0 Å². The van der Waals surface area contributed by atoms with Gasteiger partial charge in [0.05, 0.1) is 0 Å². The number of nitrogens with zero attached hydrogens (tertiary/aromatic N) is 3. The molecule has 0 amide bonds. The first-order chi connectivity index (χ1) is 13.7. The molecular formula is C22H18FN3OS. The Kier molecular flexibility index (Phi) is 5.50. The van der Waals surface area contributed by atoms with E-state index in [1.54, 1.807) is 6.07 Å². The second-order valence-corrected chi connectivity index (χ2v) is 7.19. The molecule has 0 fully saturated rings. The van der Waals surface area contributed by atoms with Crippen LogP contribution in [0.5, 0.6) is 0 Å². The van der Waals surface area contributed by atoms with Gasteiger partial charge in [-0.1, -0.05) is 72.4 Å². The number of thioether (sulfide) groups is 1. The first-order valence-corrected chi connectivity index (χ1v) is 9.82. The number of hydrogen-bond donors (Lipinski definition) is 1. The molecule has 3 aromatic carbocycles. The summed E-state index contributed by atoms with van der Waals surface area (Å²) in [4.78, 5) is 0. The van der Waals surface area contributed by atoms with Gasteiger partial charge in [-0.05, 0) is 35.4 Å². The average Bonchev–Trinajstić information content (AvgIpc) is 3.17. The number of para-hydroxylation sites is 1. The van der Waals surface area contributed by atoms with E-state index >= 15 is 0 Å². The number of aliphatic hydroxyl groups excluding tert-OH is 1. The summed E-state index contributed by atoms with van der Waals surface area (Å²) in [7, 11) is 0. The SMILES string of the molecule is O[C@@H](c1ccccc1)c1nnc(SCc2cccc(F)c2)n1-c1ccccc1. The Morgan fingerprint density at radius 3 is 2.32 bits per heavy atom. The molecule has 28 heavy (non-hydrogen) atoms. The summed E-state index contributed by atoms with van der Waals surface area (Å²) in [6.45, 7) is 0. The summed E-state index contributed by atoms with van der Waals surface area (Å²) in [5.74, 6) is 0.728. The standard InChI is InChI=1S/C22H18FN3OS/c23-18-11-7-8-16(14-18)15-28-22-25-24-21(20(27)17-9-3-1-4-10-17)26(22)19-12-5-2-6-13-19/h1-14,20,27H,15H2/t20-/m0/s1. The van der Waals surface area contributed by atoms with E-state index in [1.165, 1.54) is 23.9 Å². The lowest BCUT2D eigenvalue weighted by Crippen LogP contribution is -2.09. The Labute approximate surface area is 166 Å². The second-order valence-electron chi connectivity index (χ2n) is 6.24. The molecule has 1 heterocycles. The smallest absolute Gasteiger partial charge is 0.196 e. The van der Waals surface area contributed by atoms with E-state index < -0.39 is 6.10 Å². The molecule has 0 aliphatic rings. The van der Waals surface area contributed by atoms with Gasteiger partial charge in [0.2, 0.25) is 0 Å². The number of halogens is 1. The molecule has 0 aliphatic heterocycles. The average molecular weight is 391 g/mol. The van der Waals surface area contributed by atoms with Crippen LogP contribution in [0.1, 0.15) is 23.1 Å². The lowest BCUT2D eigenvalue weighted by Gasteiger charge is -2.14. The summed E-state index contributed by atoms with van der Waals surface area (Å²) in [6, 6.07) is 25.5. The van der Waals surface area contributed by atoms with Crippen molar-refractivity contribution >= 4 is 11.8 Å². The van der Waals surface area contributed by atoms with Crippen molar-refractivity contribution in [3.05, 3.63) is 108 Å². The minimum Gasteiger partial charge on any atom is -0.380 e. The van der Waals surface area contributed by atoms with Crippen LogP contribution < -0.4 is 0 Å². The molecule has 0 spiro atoms. The predicted molar refractivity (Wildman–Crippen MR) is 108 cm³/mol. The highest BCUT2D eigenvalue weighted by molar-refractivity contribution is 7.98. The summed E-state index contributed by atoms with van der Waals surface area (Å²) < 4.78 is 15.3. The maximum Gasteiger partial charge on any atom is 0.196 e. The molecule has 6 heteroatoms. The highest BCUT2D eigenvalue weighted by Crippen LogP contribution is 2.29. The number of benzene rings is 3. The molecule has 0 saturated heterocycles. The maximum absolute atomic E-state index is 13.5. The van der Waals surface area contributed by atoms with E-state index in [1.807, 2.05) is 71.3 Å².